The van der Waals surface area contributed by atoms with Crippen LogP contribution in [0.5, 0.6) is 5.75 Å². The third-order valence-corrected chi connectivity index (χ3v) is 4.26. The number of carboxylic acids is 1. The first-order valence-electron chi connectivity index (χ1n) is 7.22. The van der Waals surface area contributed by atoms with Crippen LogP contribution in [0.3, 0.4) is 0 Å². The minimum Gasteiger partial charge on any atom is -0.508 e. The number of likely N-dealkylation sites (tertiary alicyclic amines) is 1. The second-order valence-corrected chi connectivity index (χ2v) is 5.82. The summed E-state index contributed by atoms with van der Waals surface area (Å²) in [5.74, 6) is 0.0883. The summed E-state index contributed by atoms with van der Waals surface area (Å²) >= 11 is 0. The fraction of sp³-hybridized carbons (Fsp3) is 0.562. The number of hydrogen-bond donors (Lipinski definition) is 2. The van der Waals surface area contributed by atoms with Gasteiger partial charge in [-0.05, 0) is 45.2 Å². The molecule has 1 aliphatic heterocycles. The van der Waals surface area contributed by atoms with Gasteiger partial charge in [0, 0.05) is 24.6 Å². The SMILES string of the molecule is Cc1ccc(O)c(C(C)N2CCC(CCC(=O)O)C2)c1. The van der Waals surface area contributed by atoms with Crippen LogP contribution in [0.1, 0.15) is 43.4 Å². The number of carboxylic acid groups (broad SMARTS) is 1. The molecule has 0 radical (unpaired) electrons. The molecule has 1 aliphatic rings. The molecule has 110 valence electrons. The van der Waals surface area contributed by atoms with Gasteiger partial charge in [0.15, 0.2) is 0 Å². The van der Waals surface area contributed by atoms with Crippen molar-refractivity contribution < 1.29 is 15.0 Å². The molecule has 2 unspecified atom stereocenters. The lowest BCUT2D eigenvalue weighted by Crippen LogP contribution is -2.24. The van der Waals surface area contributed by atoms with E-state index in [0.717, 1.165) is 37.1 Å². The molecule has 0 aromatic heterocycles. The van der Waals surface area contributed by atoms with E-state index in [-0.39, 0.29) is 12.5 Å². The van der Waals surface area contributed by atoms with Crippen LogP contribution in [0, 0.1) is 12.8 Å². The van der Waals surface area contributed by atoms with E-state index in [0.29, 0.717) is 11.7 Å². The summed E-state index contributed by atoms with van der Waals surface area (Å²) in [5.41, 5.74) is 2.11. The molecule has 1 saturated heterocycles. The Bertz CT molecular complexity index is 487. The van der Waals surface area contributed by atoms with E-state index in [4.69, 9.17) is 5.11 Å². The molecule has 0 saturated carbocycles. The zero-order chi connectivity index (χ0) is 14.7. The van der Waals surface area contributed by atoms with Gasteiger partial charge >= 0.3 is 5.97 Å². The normalized spacial score (nSPS) is 21.0. The summed E-state index contributed by atoms with van der Waals surface area (Å²) < 4.78 is 0. The topological polar surface area (TPSA) is 60.8 Å². The Kier molecular flexibility index (Phi) is 4.65. The van der Waals surface area contributed by atoms with Gasteiger partial charge in [0.1, 0.15) is 5.75 Å². The van der Waals surface area contributed by atoms with Gasteiger partial charge in [-0.15, -0.1) is 0 Å². The summed E-state index contributed by atoms with van der Waals surface area (Å²) in [6, 6.07) is 5.86. The van der Waals surface area contributed by atoms with E-state index in [1.54, 1.807) is 6.07 Å². The van der Waals surface area contributed by atoms with Crippen LogP contribution in [0.2, 0.25) is 0 Å². The molecule has 4 nitrogen and oxygen atoms in total. The smallest absolute Gasteiger partial charge is 0.303 e. The molecule has 0 bridgehead atoms. The van der Waals surface area contributed by atoms with Crippen LogP contribution >= 0.6 is 0 Å². The lowest BCUT2D eigenvalue weighted by Gasteiger charge is -2.25. The predicted molar refractivity (Wildman–Crippen MR) is 77.8 cm³/mol. The summed E-state index contributed by atoms with van der Waals surface area (Å²) in [7, 11) is 0. The monoisotopic (exact) mass is 277 g/mol. The molecule has 1 aromatic rings. The largest absolute Gasteiger partial charge is 0.508 e. The molecule has 2 rings (SSSR count). The van der Waals surface area contributed by atoms with Crippen molar-refractivity contribution in [2.75, 3.05) is 13.1 Å². The first-order valence-corrected chi connectivity index (χ1v) is 7.22. The maximum atomic E-state index is 10.6. The number of aryl methyl sites for hydroxylation is 1. The van der Waals surface area contributed by atoms with Crippen molar-refractivity contribution in [1.82, 2.24) is 4.90 Å². The van der Waals surface area contributed by atoms with Gasteiger partial charge in [0.25, 0.3) is 0 Å². The number of nitrogens with zero attached hydrogens (tertiary/aromatic N) is 1. The lowest BCUT2D eigenvalue weighted by atomic mass is 10.0. The number of phenolic OH excluding ortho intramolecular Hbond substituents is 1. The van der Waals surface area contributed by atoms with Crippen molar-refractivity contribution in [1.29, 1.82) is 0 Å². The van der Waals surface area contributed by atoms with Crippen molar-refractivity contribution in [3.8, 4) is 5.75 Å². The predicted octanol–water partition coefficient (Wildman–Crippen LogP) is 2.95. The van der Waals surface area contributed by atoms with Crippen molar-refractivity contribution in [3.05, 3.63) is 29.3 Å². The number of carbonyl (C=O) groups is 1. The Morgan fingerprint density at radius 2 is 2.25 bits per heavy atom. The molecule has 0 aliphatic carbocycles. The number of aromatic hydroxyl groups is 1. The zero-order valence-electron chi connectivity index (χ0n) is 12.2. The Morgan fingerprint density at radius 1 is 1.50 bits per heavy atom. The van der Waals surface area contributed by atoms with Crippen LogP contribution in [-0.2, 0) is 4.79 Å². The number of rotatable bonds is 5. The highest BCUT2D eigenvalue weighted by atomic mass is 16.4. The molecule has 0 spiro atoms. The highest BCUT2D eigenvalue weighted by Gasteiger charge is 2.28. The van der Waals surface area contributed by atoms with Crippen molar-refractivity contribution in [3.63, 3.8) is 0 Å². The summed E-state index contributed by atoms with van der Waals surface area (Å²) in [4.78, 5) is 13.0. The standard InChI is InChI=1S/C16H23NO3/c1-11-3-5-15(18)14(9-11)12(2)17-8-7-13(10-17)4-6-16(19)20/h3,5,9,12-13,18H,4,6-8,10H2,1-2H3,(H,19,20). The first-order chi connectivity index (χ1) is 9.47. The molecule has 1 fully saturated rings. The average Bonchev–Trinajstić information content (AvgIpc) is 2.87. The van der Waals surface area contributed by atoms with Crippen LogP contribution in [0.15, 0.2) is 18.2 Å². The number of aliphatic carboxylic acids is 1. The highest BCUT2D eigenvalue weighted by Crippen LogP contribution is 2.33. The second-order valence-electron chi connectivity index (χ2n) is 5.82. The van der Waals surface area contributed by atoms with Crippen LogP contribution in [0.4, 0.5) is 0 Å². The number of hydrogen-bond acceptors (Lipinski definition) is 3. The van der Waals surface area contributed by atoms with Crippen LogP contribution in [-0.4, -0.2) is 34.2 Å². The van der Waals surface area contributed by atoms with Gasteiger partial charge in [-0.3, -0.25) is 9.69 Å². The quantitative estimate of drug-likeness (QED) is 0.868. The third kappa shape index (κ3) is 3.51. The van der Waals surface area contributed by atoms with E-state index in [1.807, 2.05) is 19.1 Å². The molecule has 2 N–H and O–H groups in total. The van der Waals surface area contributed by atoms with Gasteiger partial charge in [-0.25, -0.2) is 0 Å². The fourth-order valence-corrected chi connectivity index (χ4v) is 2.98. The van der Waals surface area contributed by atoms with Gasteiger partial charge in [0.05, 0.1) is 0 Å². The molecule has 20 heavy (non-hydrogen) atoms. The molecule has 1 heterocycles. The summed E-state index contributed by atoms with van der Waals surface area (Å²) in [6.07, 6.45) is 2.05. The maximum absolute atomic E-state index is 10.6. The molecular weight excluding hydrogens is 254 g/mol. The molecular formula is C16H23NO3. The number of phenols is 1. The van der Waals surface area contributed by atoms with Crippen molar-refractivity contribution in [2.24, 2.45) is 5.92 Å². The van der Waals surface area contributed by atoms with E-state index >= 15 is 0 Å². The summed E-state index contributed by atoms with van der Waals surface area (Å²) in [5, 5.41) is 18.8. The molecule has 4 heteroatoms. The molecule has 2 atom stereocenters. The first kappa shape index (κ1) is 14.9. The Hall–Kier alpha value is -1.55. The van der Waals surface area contributed by atoms with Crippen molar-refractivity contribution in [2.45, 2.75) is 39.2 Å². The van der Waals surface area contributed by atoms with Crippen LogP contribution in [0.25, 0.3) is 0 Å². The van der Waals surface area contributed by atoms with E-state index < -0.39 is 5.97 Å². The highest BCUT2D eigenvalue weighted by molar-refractivity contribution is 5.66. The Balaban J connectivity index is 1.98. The summed E-state index contributed by atoms with van der Waals surface area (Å²) in [6.45, 7) is 6.02. The van der Waals surface area contributed by atoms with Gasteiger partial charge in [0.2, 0.25) is 0 Å². The molecule has 1 aromatic carbocycles. The van der Waals surface area contributed by atoms with Gasteiger partial charge < -0.3 is 10.2 Å². The third-order valence-electron chi connectivity index (χ3n) is 4.26. The van der Waals surface area contributed by atoms with E-state index in [9.17, 15) is 9.90 Å². The van der Waals surface area contributed by atoms with E-state index in [2.05, 4.69) is 11.8 Å². The second kappa shape index (κ2) is 6.27. The van der Waals surface area contributed by atoms with Crippen LogP contribution < -0.4 is 0 Å². The van der Waals surface area contributed by atoms with Crippen molar-refractivity contribution >= 4 is 5.97 Å². The molecule has 0 amide bonds. The fourth-order valence-electron chi connectivity index (χ4n) is 2.98. The maximum Gasteiger partial charge on any atom is 0.303 e. The number of benzene rings is 1. The van der Waals surface area contributed by atoms with Gasteiger partial charge in [-0.2, -0.15) is 0 Å². The Labute approximate surface area is 120 Å². The minimum absolute atomic E-state index is 0.171. The zero-order valence-corrected chi connectivity index (χ0v) is 12.2. The Morgan fingerprint density at radius 3 is 2.95 bits per heavy atom. The van der Waals surface area contributed by atoms with Gasteiger partial charge in [-0.1, -0.05) is 17.7 Å². The minimum atomic E-state index is -0.715. The van der Waals surface area contributed by atoms with E-state index in [1.165, 1.54) is 0 Å². The average molecular weight is 277 g/mol. The lowest BCUT2D eigenvalue weighted by molar-refractivity contribution is -0.137.